The van der Waals surface area contributed by atoms with Gasteiger partial charge in [0.15, 0.2) is 11.5 Å². The van der Waals surface area contributed by atoms with E-state index in [2.05, 4.69) is 20.0 Å². The lowest BCUT2D eigenvalue weighted by molar-refractivity contribution is -0.274. The predicted octanol–water partition coefficient (Wildman–Crippen LogP) is 2.90. The summed E-state index contributed by atoms with van der Waals surface area (Å²) < 4.78 is 39.9. The van der Waals surface area contributed by atoms with Crippen LogP contribution >= 0.6 is 0 Å². The van der Waals surface area contributed by atoms with Crippen LogP contribution in [0.15, 0.2) is 36.7 Å². The van der Waals surface area contributed by atoms with Crippen LogP contribution in [-0.4, -0.2) is 22.9 Å². The van der Waals surface area contributed by atoms with Crippen molar-refractivity contribution in [2.75, 3.05) is 11.9 Å². The Morgan fingerprint density at radius 1 is 1.14 bits per heavy atom. The Balaban J connectivity index is 1.89. The maximum atomic E-state index is 12.0. The van der Waals surface area contributed by atoms with E-state index in [-0.39, 0.29) is 11.4 Å². The van der Waals surface area contributed by atoms with E-state index in [1.807, 2.05) is 6.07 Å². The SMILES string of the molecule is N#Cc1nccnc1NCCc1ccc(OC(F)(F)F)cc1. The quantitative estimate of drug-likeness (QED) is 0.919. The monoisotopic (exact) mass is 308 g/mol. The van der Waals surface area contributed by atoms with E-state index in [1.165, 1.54) is 24.5 Å². The number of ether oxygens (including phenoxy) is 1. The third-order valence-corrected chi connectivity index (χ3v) is 2.67. The summed E-state index contributed by atoms with van der Waals surface area (Å²) in [5, 5.41) is 11.8. The molecular formula is C14H11F3N4O. The first-order chi connectivity index (χ1) is 10.5. The summed E-state index contributed by atoms with van der Waals surface area (Å²) in [6.07, 6.45) is -1.26. The summed E-state index contributed by atoms with van der Waals surface area (Å²) >= 11 is 0. The molecule has 2 aromatic rings. The second-order valence-corrected chi connectivity index (χ2v) is 4.23. The van der Waals surface area contributed by atoms with Gasteiger partial charge in [-0.25, -0.2) is 9.97 Å². The van der Waals surface area contributed by atoms with E-state index < -0.39 is 6.36 Å². The molecule has 0 fully saturated rings. The standard InChI is InChI=1S/C14H11F3N4O/c15-14(16,17)22-11-3-1-10(2-4-11)5-6-20-13-12(9-18)19-7-8-21-13/h1-4,7-8H,5-6H2,(H,20,21). The molecule has 0 spiro atoms. The maximum absolute atomic E-state index is 12.0. The Labute approximate surface area is 124 Å². The smallest absolute Gasteiger partial charge is 0.406 e. The minimum atomic E-state index is -4.69. The van der Waals surface area contributed by atoms with E-state index in [4.69, 9.17) is 5.26 Å². The molecule has 0 atom stereocenters. The fourth-order valence-electron chi connectivity index (χ4n) is 1.73. The minimum Gasteiger partial charge on any atom is -0.406 e. The van der Waals surface area contributed by atoms with Gasteiger partial charge in [-0.1, -0.05) is 12.1 Å². The number of aromatic nitrogens is 2. The molecule has 1 aromatic carbocycles. The zero-order valence-corrected chi connectivity index (χ0v) is 11.3. The fraction of sp³-hybridized carbons (Fsp3) is 0.214. The first-order valence-electron chi connectivity index (χ1n) is 6.27. The van der Waals surface area contributed by atoms with Crippen molar-refractivity contribution in [1.82, 2.24) is 9.97 Å². The third-order valence-electron chi connectivity index (χ3n) is 2.67. The van der Waals surface area contributed by atoms with Crippen molar-refractivity contribution in [3.05, 3.63) is 47.9 Å². The summed E-state index contributed by atoms with van der Waals surface area (Å²) in [5.74, 6) is 0.118. The van der Waals surface area contributed by atoms with E-state index in [0.717, 1.165) is 5.56 Å². The molecule has 0 aliphatic carbocycles. The Morgan fingerprint density at radius 2 is 1.82 bits per heavy atom. The highest BCUT2D eigenvalue weighted by Crippen LogP contribution is 2.22. The number of hydrogen-bond donors (Lipinski definition) is 1. The average Bonchev–Trinajstić information content (AvgIpc) is 2.48. The summed E-state index contributed by atoms with van der Waals surface area (Å²) in [7, 11) is 0. The van der Waals surface area contributed by atoms with Crippen LogP contribution in [0.5, 0.6) is 5.75 Å². The van der Waals surface area contributed by atoms with Crippen molar-refractivity contribution in [3.63, 3.8) is 0 Å². The van der Waals surface area contributed by atoms with Crippen LogP contribution in [0, 0.1) is 11.3 Å². The third kappa shape index (κ3) is 4.63. The van der Waals surface area contributed by atoms with Crippen LogP contribution in [0.2, 0.25) is 0 Å². The molecule has 0 saturated heterocycles. The number of alkyl halides is 3. The Hall–Kier alpha value is -2.82. The lowest BCUT2D eigenvalue weighted by Crippen LogP contribution is -2.17. The largest absolute Gasteiger partial charge is 0.573 e. The van der Waals surface area contributed by atoms with Gasteiger partial charge in [0.1, 0.15) is 11.8 Å². The van der Waals surface area contributed by atoms with Crippen molar-refractivity contribution in [1.29, 1.82) is 5.26 Å². The molecule has 8 heteroatoms. The first-order valence-corrected chi connectivity index (χ1v) is 6.27. The van der Waals surface area contributed by atoms with Crippen LogP contribution in [0.3, 0.4) is 0 Å². The van der Waals surface area contributed by atoms with Crippen molar-refractivity contribution in [2.24, 2.45) is 0 Å². The average molecular weight is 308 g/mol. The molecule has 1 aromatic heterocycles. The van der Waals surface area contributed by atoms with Crippen LogP contribution in [0.4, 0.5) is 19.0 Å². The van der Waals surface area contributed by atoms with Gasteiger partial charge in [-0.15, -0.1) is 13.2 Å². The fourth-order valence-corrected chi connectivity index (χ4v) is 1.73. The van der Waals surface area contributed by atoms with Gasteiger partial charge in [0.25, 0.3) is 0 Å². The highest BCUT2D eigenvalue weighted by Gasteiger charge is 2.30. The van der Waals surface area contributed by atoms with Crippen LogP contribution in [0.25, 0.3) is 0 Å². The van der Waals surface area contributed by atoms with Crippen molar-refractivity contribution in [3.8, 4) is 11.8 Å². The minimum absolute atomic E-state index is 0.191. The number of benzene rings is 1. The van der Waals surface area contributed by atoms with E-state index >= 15 is 0 Å². The van der Waals surface area contributed by atoms with Gasteiger partial charge in [-0.3, -0.25) is 0 Å². The van der Waals surface area contributed by atoms with E-state index in [9.17, 15) is 13.2 Å². The van der Waals surface area contributed by atoms with Crippen LogP contribution in [0.1, 0.15) is 11.3 Å². The van der Waals surface area contributed by atoms with Crippen molar-refractivity contribution >= 4 is 5.82 Å². The maximum Gasteiger partial charge on any atom is 0.573 e. The number of anilines is 1. The second-order valence-electron chi connectivity index (χ2n) is 4.23. The molecule has 1 heterocycles. The van der Waals surface area contributed by atoms with Crippen molar-refractivity contribution in [2.45, 2.75) is 12.8 Å². The van der Waals surface area contributed by atoms with Gasteiger partial charge in [0, 0.05) is 18.9 Å². The van der Waals surface area contributed by atoms with Gasteiger partial charge in [0.2, 0.25) is 0 Å². The zero-order chi connectivity index (χ0) is 16.0. The molecular weight excluding hydrogens is 297 g/mol. The summed E-state index contributed by atoms with van der Waals surface area (Å²) in [6, 6.07) is 7.52. The van der Waals surface area contributed by atoms with Crippen molar-refractivity contribution < 1.29 is 17.9 Å². The number of nitrogens with zero attached hydrogens (tertiary/aromatic N) is 3. The Kier molecular flexibility index (Phi) is 4.78. The van der Waals surface area contributed by atoms with Gasteiger partial charge in [-0.2, -0.15) is 5.26 Å². The molecule has 0 radical (unpaired) electrons. The lowest BCUT2D eigenvalue weighted by Gasteiger charge is -2.10. The van der Waals surface area contributed by atoms with Gasteiger partial charge < -0.3 is 10.1 Å². The summed E-state index contributed by atoms with van der Waals surface area (Å²) in [6.45, 7) is 0.465. The number of halogens is 3. The molecule has 0 aliphatic rings. The van der Waals surface area contributed by atoms with Crippen LogP contribution in [-0.2, 0) is 6.42 Å². The predicted molar refractivity (Wildman–Crippen MR) is 72.1 cm³/mol. The molecule has 2 rings (SSSR count). The number of nitrogens with one attached hydrogen (secondary N) is 1. The molecule has 114 valence electrons. The van der Waals surface area contributed by atoms with Crippen LogP contribution < -0.4 is 10.1 Å². The Morgan fingerprint density at radius 3 is 2.45 bits per heavy atom. The molecule has 0 bridgehead atoms. The van der Waals surface area contributed by atoms with Gasteiger partial charge in [-0.05, 0) is 24.1 Å². The summed E-state index contributed by atoms with van der Waals surface area (Å²) in [4.78, 5) is 7.85. The molecule has 22 heavy (non-hydrogen) atoms. The molecule has 5 nitrogen and oxygen atoms in total. The molecule has 0 aliphatic heterocycles. The number of rotatable bonds is 5. The first kappa shape index (κ1) is 15.6. The Bertz CT molecular complexity index is 665. The van der Waals surface area contributed by atoms with Gasteiger partial charge >= 0.3 is 6.36 Å². The molecule has 0 amide bonds. The second kappa shape index (κ2) is 6.76. The number of hydrogen-bond acceptors (Lipinski definition) is 5. The summed E-state index contributed by atoms with van der Waals surface area (Å²) in [5.41, 5.74) is 1.01. The van der Waals surface area contributed by atoms with Gasteiger partial charge in [0.05, 0.1) is 0 Å². The van der Waals surface area contributed by atoms with E-state index in [1.54, 1.807) is 12.1 Å². The molecule has 1 N–H and O–H groups in total. The normalized spacial score (nSPS) is 10.8. The zero-order valence-electron chi connectivity index (χ0n) is 11.3. The molecule has 0 saturated carbocycles. The molecule has 0 unspecified atom stereocenters. The topological polar surface area (TPSA) is 70.8 Å². The lowest BCUT2D eigenvalue weighted by atomic mass is 10.1. The number of nitriles is 1. The van der Waals surface area contributed by atoms with E-state index in [0.29, 0.717) is 18.8 Å². The highest BCUT2D eigenvalue weighted by atomic mass is 19.4. The highest BCUT2D eigenvalue weighted by molar-refractivity contribution is 5.46.